The van der Waals surface area contributed by atoms with Gasteiger partial charge in [-0.2, -0.15) is 0 Å². The molecule has 2 saturated carbocycles. The van der Waals surface area contributed by atoms with Crippen LogP contribution in [0.15, 0.2) is 182 Å². The maximum atomic E-state index is 12.8. The first-order valence-corrected chi connectivity index (χ1v) is 30.7. The summed E-state index contributed by atoms with van der Waals surface area (Å²) in [5.41, 5.74) is 11.9. The molecule has 0 saturated heterocycles. The van der Waals surface area contributed by atoms with E-state index in [4.69, 9.17) is 9.84 Å². The highest BCUT2D eigenvalue weighted by Crippen LogP contribution is 2.50. The molecular weight excluding hydrogens is 1060 g/mol. The Hall–Kier alpha value is -5.85. The van der Waals surface area contributed by atoms with Crippen molar-refractivity contribution >= 4 is 47.3 Å². The molecule has 6 aromatic rings. The topological polar surface area (TPSA) is 147 Å². The van der Waals surface area contributed by atoms with E-state index in [0.29, 0.717) is 19.4 Å². The normalized spacial score (nSPS) is 16.9. The number of esters is 2. The van der Waals surface area contributed by atoms with Gasteiger partial charge in [0.1, 0.15) is 0 Å². The number of halogens is 1. The molecule has 428 valence electrons. The van der Waals surface area contributed by atoms with E-state index in [1.165, 1.54) is 73.3 Å². The summed E-state index contributed by atoms with van der Waals surface area (Å²) in [5, 5.41) is 11.9. The number of rotatable bonds is 25. The smallest absolute Gasteiger partial charge is 0.309 e. The van der Waals surface area contributed by atoms with Crippen molar-refractivity contribution in [3.05, 3.63) is 215 Å². The number of thioether (sulfide) groups is 2. The first-order valence-electron chi connectivity index (χ1n) is 28.8. The Balaban J connectivity index is 0.000000247. The van der Waals surface area contributed by atoms with E-state index in [1.807, 2.05) is 11.8 Å². The van der Waals surface area contributed by atoms with E-state index in [0.717, 1.165) is 82.3 Å². The van der Waals surface area contributed by atoms with Crippen LogP contribution in [0, 0.1) is 23.7 Å². The van der Waals surface area contributed by atoms with Crippen LogP contribution >= 0.6 is 23.5 Å². The van der Waals surface area contributed by atoms with Crippen LogP contribution in [0.4, 0.5) is 0 Å². The molecule has 80 heavy (non-hydrogen) atoms. The fourth-order valence-electron chi connectivity index (χ4n) is 11.3. The number of nitrogens with one attached hydrogen (secondary N) is 1. The highest BCUT2D eigenvalue weighted by Gasteiger charge is 2.39. The molecule has 2 unspecified atom stereocenters. The summed E-state index contributed by atoms with van der Waals surface area (Å²) in [5.74, 6) is -0.822. The number of amides is 1. The Morgan fingerprint density at radius 1 is 0.450 bits per heavy atom. The number of carboxylic acids is 1. The maximum absolute atomic E-state index is 12.8. The number of carboxylic acid groups (broad SMARTS) is 1. The van der Waals surface area contributed by atoms with Gasteiger partial charge in [-0.25, -0.2) is 0 Å². The van der Waals surface area contributed by atoms with Gasteiger partial charge >= 0.3 is 17.9 Å². The highest BCUT2D eigenvalue weighted by molar-refractivity contribution is 8.00. The van der Waals surface area contributed by atoms with Gasteiger partial charge in [-0.15, -0.1) is 23.5 Å². The van der Waals surface area contributed by atoms with Gasteiger partial charge in [0.15, 0.2) is 0 Å². The summed E-state index contributed by atoms with van der Waals surface area (Å²) < 4.78 is 9.07. The fraction of sp³-hybridized carbons (Fsp3) is 0.412. The molecule has 0 radical (unpaired) electrons. The van der Waals surface area contributed by atoms with Crippen molar-refractivity contribution in [3.63, 3.8) is 0 Å². The van der Waals surface area contributed by atoms with Crippen molar-refractivity contribution in [1.29, 1.82) is 0 Å². The number of aliphatic carboxylic acids is 1. The summed E-state index contributed by atoms with van der Waals surface area (Å²) in [7, 11) is 2.71. The molecule has 0 spiro atoms. The lowest BCUT2D eigenvalue weighted by Gasteiger charge is -2.35. The molecule has 4 atom stereocenters. The number of hydrogen-bond acceptors (Lipinski definition) is 8. The third kappa shape index (κ3) is 18.3. The van der Waals surface area contributed by atoms with Crippen LogP contribution in [0.25, 0.3) is 0 Å². The molecule has 0 aliphatic heterocycles. The van der Waals surface area contributed by atoms with Crippen LogP contribution in [0.3, 0.4) is 0 Å². The van der Waals surface area contributed by atoms with E-state index in [2.05, 4.69) is 210 Å². The number of carbonyl (C=O) groups excluding carboxylic acids is 3. The first-order chi connectivity index (χ1) is 38.7. The minimum atomic E-state index is -0.880. The molecule has 12 heteroatoms. The number of methoxy groups -OCH3 is 2. The maximum Gasteiger partial charge on any atom is 0.309 e. The SMILES string of the molecule is COC(=O)[C@@H]1CCCCC1C(=O)NCCCCCCSC(c1ccccc1)(c1ccccc1)c1ccccc1.COC(=O)[C@@H]1CCCCC1C(=O)O.[Cl-].[NH3+]CCCCCCSC(c1ccccc1)(c1ccccc1)c1ccccc1. The molecule has 2 aliphatic carbocycles. The number of carbonyl (C=O) groups is 4. The zero-order chi connectivity index (χ0) is 56.0. The molecule has 2 aliphatic rings. The minimum Gasteiger partial charge on any atom is -1.00 e. The Labute approximate surface area is 491 Å². The quantitative estimate of drug-likeness (QED) is 0.0290. The average molecular weight is 1140 g/mol. The second-order valence-corrected chi connectivity index (χ2v) is 23.2. The van der Waals surface area contributed by atoms with Gasteiger partial charge < -0.3 is 38.0 Å². The van der Waals surface area contributed by atoms with Gasteiger partial charge in [0.05, 0.1) is 53.9 Å². The summed E-state index contributed by atoms with van der Waals surface area (Å²) in [6.45, 7) is 1.72. The Morgan fingerprint density at radius 2 is 0.738 bits per heavy atom. The number of hydrogen-bond donors (Lipinski definition) is 3. The lowest BCUT2D eigenvalue weighted by atomic mass is 9.78. The largest absolute Gasteiger partial charge is 1.00 e. The predicted molar refractivity (Wildman–Crippen MR) is 324 cm³/mol. The van der Waals surface area contributed by atoms with Gasteiger partial charge in [-0.05, 0) is 103 Å². The zero-order valence-corrected chi connectivity index (χ0v) is 49.5. The standard InChI is InChI=1S/C34H41NO3S.C25H29NS.C9H14O4.ClH/c1-38-33(37)31-24-14-13-23-30(31)32(36)35-25-15-2-3-16-26-39-34(27-17-7-4-8-18-27,28-19-9-5-10-20-28)29-21-11-6-12-22-29;26-20-12-1-2-13-21-27-25(22-14-6-3-7-15-22,23-16-8-4-9-17-23)24-18-10-5-11-19-24;1-13-9(12)7-5-3-2-4-6(7)8(10)11;/h4-12,17-22,30-31H,2-3,13-16,23-26H2,1H3,(H,35,36);3-11,14-19H,1-2,12-13,20-21,26H2;6-7H,2-5H2,1H3,(H,10,11);1H/t30?,31-;;6?,7-;/m1.1./s1. The van der Waals surface area contributed by atoms with Crippen LogP contribution < -0.4 is 23.5 Å². The van der Waals surface area contributed by atoms with Crippen molar-refractivity contribution in [2.75, 3.05) is 38.8 Å². The molecular formula is C68H85ClN2O7S2. The number of benzene rings is 6. The Morgan fingerprint density at radius 3 is 1.05 bits per heavy atom. The van der Waals surface area contributed by atoms with Crippen LogP contribution in [-0.2, 0) is 38.1 Å². The molecule has 9 nitrogen and oxygen atoms in total. The van der Waals surface area contributed by atoms with Crippen molar-refractivity contribution in [2.45, 2.75) is 112 Å². The summed E-state index contributed by atoms with van der Waals surface area (Å²) >= 11 is 4.08. The molecule has 0 bridgehead atoms. The average Bonchev–Trinajstić information content (AvgIpc) is 3.58. The summed E-state index contributed by atoms with van der Waals surface area (Å²) in [6, 6.07) is 65.4. The van der Waals surface area contributed by atoms with E-state index >= 15 is 0 Å². The van der Waals surface area contributed by atoms with Gasteiger partial charge in [-0.1, -0.05) is 227 Å². The number of unbranched alkanes of at least 4 members (excludes halogenated alkanes) is 6. The Bertz CT molecular complexity index is 2480. The van der Waals surface area contributed by atoms with Crippen LogP contribution in [0.2, 0.25) is 0 Å². The molecule has 8 rings (SSSR count). The lowest BCUT2D eigenvalue weighted by molar-refractivity contribution is -0.368. The Kier molecular flexibility index (Phi) is 29.1. The lowest BCUT2D eigenvalue weighted by Crippen LogP contribution is -3.00. The third-order valence-corrected chi connectivity index (χ3v) is 18.7. The van der Waals surface area contributed by atoms with Crippen molar-refractivity contribution in [3.8, 4) is 0 Å². The second-order valence-electron chi connectivity index (χ2n) is 20.6. The van der Waals surface area contributed by atoms with E-state index < -0.39 is 17.8 Å². The predicted octanol–water partition coefficient (Wildman–Crippen LogP) is 10.9. The molecule has 5 N–H and O–H groups in total. The molecule has 0 heterocycles. The minimum absolute atomic E-state index is 0. The van der Waals surface area contributed by atoms with Crippen LogP contribution in [0.1, 0.15) is 136 Å². The van der Waals surface area contributed by atoms with Gasteiger partial charge in [-0.3, -0.25) is 19.2 Å². The highest BCUT2D eigenvalue weighted by atomic mass is 35.5. The van der Waals surface area contributed by atoms with E-state index in [-0.39, 0.29) is 51.6 Å². The molecule has 1 amide bonds. The fourth-order valence-corrected chi connectivity index (χ4v) is 14.4. The number of quaternary nitrogens is 1. The second kappa shape index (κ2) is 35.8. The van der Waals surface area contributed by atoms with E-state index in [9.17, 15) is 19.2 Å². The van der Waals surface area contributed by atoms with Crippen LogP contribution in [-0.4, -0.2) is 67.7 Å². The third-order valence-electron chi connectivity index (χ3n) is 15.4. The number of ether oxygens (including phenoxy) is 2. The van der Waals surface area contributed by atoms with Gasteiger partial charge in [0.2, 0.25) is 5.91 Å². The van der Waals surface area contributed by atoms with Crippen molar-refractivity contribution in [1.82, 2.24) is 5.32 Å². The van der Waals surface area contributed by atoms with E-state index in [1.54, 1.807) is 0 Å². The monoisotopic (exact) mass is 1140 g/mol. The molecule has 6 aromatic carbocycles. The first kappa shape index (κ1) is 65.0. The van der Waals surface area contributed by atoms with Crippen molar-refractivity contribution < 1.29 is 51.9 Å². The summed E-state index contributed by atoms with van der Waals surface area (Å²) in [4.78, 5) is 46.8. The van der Waals surface area contributed by atoms with Gasteiger partial charge in [0, 0.05) is 6.54 Å². The van der Waals surface area contributed by atoms with Gasteiger partial charge in [0.25, 0.3) is 0 Å². The van der Waals surface area contributed by atoms with Crippen molar-refractivity contribution in [2.24, 2.45) is 23.7 Å². The molecule has 0 aromatic heterocycles. The summed E-state index contributed by atoms with van der Waals surface area (Å²) in [6.07, 6.45) is 15.9. The van der Waals surface area contributed by atoms with Crippen LogP contribution in [0.5, 0.6) is 0 Å². The molecule has 2 fully saturated rings. The zero-order valence-electron chi connectivity index (χ0n) is 47.1.